The van der Waals surface area contributed by atoms with Gasteiger partial charge in [-0.15, -0.1) is 0 Å². The molecule has 3 heteroatoms. The monoisotopic (exact) mass is 302 g/mol. The summed E-state index contributed by atoms with van der Waals surface area (Å²) in [6.45, 7) is 4.66. The van der Waals surface area contributed by atoms with Gasteiger partial charge in [-0.1, -0.05) is 24.6 Å². The van der Waals surface area contributed by atoms with Crippen molar-refractivity contribution in [1.82, 2.24) is 9.80 Å². The minimum absolute atomic E-state index is 0.381. The molecule has 0 aromatic heterocycles. The summed E-state index contributed by atoms with van der Waals surface area (Å²) < 4.78 is 6.38. The molecular formula is C19H30N2O. The van der Waals surface area contributed by atoms with Gasteiger partial charge in [0.1, 0.15) is 11.9 Å². The lowest BCUT2D eigenvalue weighted by Gasteiger charge is -2.41. The molecule has 22 heavy (non-hydrogen) atoms. The molecule has 3 nitrogen and oxygen atoms in total. The predicted octanol–water partition coefficient (Wildman–Crippen LogP) is 3.70. The second kappa shape index (κ2) is 7.01. The molecule has 1 aromatic carbocycles. The third-order valence-corrected chi connectivity index (χ3v) is 5.51. The van der Waals surface area contributed by atoms with Crippen LogP contribution in [0.2, 0.25) is 0 Å². The molecule has 1 atom stereocenters. The van der Waals surface area contributed by atoms with Crippen LogP contribution in [0.3, 0.4) is 0 Å². The Hall–Kier alpha value is -1.06. The zero-order valence-corrected chi connectivity index (χ0v) is 14.3. The van der Waals surface area contributed by atoms with Gasteiger partial charge in [-0.25, -0.2) is 0 Å². The molecule has 1 aliphatic heterocycles. The number of para-hydroxylation sites is 1. The molecule has 122 valence electrons. The molecule has 1 aromatic rings. The van der Waals surface area contributed by atoms with Gasteiger partial charge in [0.2, 0.25) is 0 Å². The number of ether oxygens (including phenoxy) is 1. The molecule has 0 N–H and O–H groups in total. The van der Waals surface area contributed by atoms with Crippen LogP contribution < -0.4 is 4.74 Å². The van der Waals surface area contributed by atoms with E-state index in [1.165, 1.54) is 50.8 Å². The lowest BCUT2D eigenvalue weighted by Crippen LogP contribution is -2.46. The smallest absolute Gasteiger partial charge is 0.124 e. The van der Waals surface area contributed by atoms with E-state index in [1.807, 2.05) is 0 Å². The lowest BCUT2D eigenvalue weighted by atomic mass is 9.90. The number of benzene rings is 1. The van der Waals surface area contributed by atoms with E-state index in [0.29, 0.717) is 12.1 Å². The van der Waals surface area contributed by atoms with Crippen molar-refractivity contribution in [3.8, 4) is 5.75 Å². The van der Waals surface area contributed by atoms with E-state index in [4.69, 9.17) is 4.74 Å². The summed E-state index contributed by atoms with van der Waals surface area (Å²) in [5.41, 5.74) is 1.30. The van der Waals surface area contributed by atoms with E-state index < -0.39 is 0 Å². The van der Waals surface area contributed by atoms with Crippen LogP contribution in [-0.2, 0) is 0 Å². The summed E-state index contributed by atoms with van der Waals surface area (Å²) in [6.07, 6.45) is 6.97. The van der Waals surface area contributed by atoms with E-state index in [1.54, 1.807) is 0 Å². The number of hydrogen-bond donors (Lipinski definition) is 0. The van der Waals surface area contributed by atoms with Gasteiger partial charge < -0.3 is 14.5 Å². The largest absolute Gasteiger partial charge is 0.490 e. The fourth-order valence-electron chi connectivity index (χ4n) is 3.50. The Balaban J connectivity index is 1.59. The highest BCUT2D eigenvalue weighted by Gasteiger charge is 2.29. The highest BCUT2D eigenvalue weighted by atomic mass is 16.5. The van der Waals surface area contributed by atoms with Crippen molar-refractivity contribution in [2.24, 2.45) is 0 Å². The van der Waals surface area contributed by atoms with Gasteiger partial charge in [0.05, 0.1) is 0 Å². The molecule has 1 saturated heterocycles. The van der Waals surface area contributed by atoms with Crippen molar-refractivity contribution in [1.29, 1.82) is 0 Å². The molecule has 2 fully saturated rings. The molecule has 1 saturated carbocycles. The zero-order chi connectivity index (χ0) is 15.5. The van der Waals surface area contributed by atoms with Crippen molar-refractivity contribution in [3.05, 3.63) is 29.8 Å². The number of hydrogen-bond acceptors (Lipinski definition) is 3. The summed E-state index contributed by atoms with van der Waals surface area (Å²) in [4.78, 5) is 4.92. The average Bonchev–Trinajstić information content (AvgIpc) is 2.47. The average molecular weight is 302 g/mol. The first-order valence-corrected chi connectivity index (χ1v) is 8.81. The Morgan fingerprint density at radius 2 is 1.77 bits per heavy atom. The molecule has 1 unspecified atom stereocenters. The van der Waals surface area contributed by atoms with Crippen molar-refractivity contribution < 1.29 is 4.74 Å². The van der Waals surface area contributed by atoms with Gasteiger partial charge >= 0.3 is 0 Å². The van der Waals surface area contributed by atoms with E-state index >= 15 is 0 Å². The quantitative estimate of drug-likeness (QED) is 0.825. The Morgan fingerprint density at radius 1 is 1.09 bits per heavy atom. The van der Waals surface area contributed by atoms with Crippen LogP contribution in [0.1, 0.15) is 50.6 Å². The minimum Gasteiger partial charge on any atom is -0.490 e. The molecule has 0 radical (unpaired) electrons. The van der Waals surface area contributed by atoms with Crippen molar-refractivity contribution in [2.45, 2.75) is 57.2 Å². The van der Waals surface area contributed by atoms with Crippen molar-refractivity contribution >= 4 is 0 Å². The molecule has 1 aliphatic carbocycles. The fourth-order valence-corrected chi connectivity index (χ4v) is 3.50. The van der Waals surface area contributed by atoms with Crippen molar-refractivity contribution in [2.75, 3.05) is 27.2 Å². The Labute approximate surface area is 135 Å². The van der Waals surface area contributed by atoms with Gasteiger partial charge in [-0.05, 0) is 52.8 Å². The fraction of sp³-hybridized carbons (Fsp3) is 0.684. The molecule has 0 spiro atoms. The number of piperidine rings is 1. The number of rotatable bonds is 5. The highest BCUT2D eigenvalue weighted by Crippen LogP contribution is 2.31. The first-order valence-electron chi connectivity index (χ1n) is 8.81. The maximum atomic E-state index is 6.38. The van der Waals surface area contributed by atoms with Gasteiger partial charge in [0, 0.05) is 30.7 Å². The summed E-state index contributed by atoms with van der Waals surface area (Å²) in [6, 6.07) is 9.79. The van der Waals surface area contributed by atoms with Crippen LogP contribution in [-0.4, -0.2) is 49.1 Å². The molecule has 0 bridgehead atoms. The highest BCUT2D eigenvalue weighted by molar-refractivity contribution is 5.35. The van der Waals surface area contributed by atoms with Gasteiger partial charge in [-0.2, -0.15) is 0 Å². The summed E-state index contributed by atoms with van der Waals surface area (Å²) in [5, 5.41) is 0. The normalized spacial score (nSPS) is 22.5. The Kier molecular flexibility index (Phi) is 5.04. The minimum atomic E-state index is 0.381. The molecule has 2 aliphatic rings. The summed E-state index contributed by atoms with van der Waals surface area (Å²) >= 11 is 0. The van der Waals surface area contributed by atoms with E-state index in [9.17, 15) is 0 Å². The SMILES string of the molecule is CC(c1ccccc1OC1CCN(C2CCC2)CC1)N(C)C. The van der Waals surface area contributed by atoms with E-state index in [-0.39, 0.29) is 0 Å². The molecule has 0 amide bonds. The van der Waals surface area contributed by atoms with Crippen LogP contribution >= 0.6 is 0 Å². The third kappa shape index (κ3) is 3.47. The molecular weight excluding hydrogens is 272 g/mol. The number of nitrogens with zero attached hydrogens (tertiary/aromatic N) is 2. The summed E-state index contributed by atoms with van der Waals surface area (Å²) in [5.74, 6) is 1.07. The number of likely N-dealkylation sites (tertiary alicyclic amines) is 1. The maximum absolute atomic E-state index is 6.38. The van der Waals surface area contributed by atoms with Crippen LogP contribution in [0.5, 0.6) is 5.75 Å². The van der Waals surface area contributed by atoms with E-state index in [0.717, 1.165) is 11.8 Å². The molecule has 1 heterocycles. The first-order chi connectivity index (χ1) is 10.6. The molecule has 3 rings (SSSR count). The Bertz CT molecular complexity index is 476. The standard InChI is InChI=1S/C19H30N2O/c1-15(20(2)3)18-9-4-5-10-19(18)22-17-11-13-21(14-12-17)16-7-6-8-16/h4-5,9-10,15-17H,6-8,11-14H2,1-3H3. The van der Waals surface area contributed by atoms with Crippen LogP contribution in [0.25, 0.3) is 0 Å². The van der Waals surface area contributed by atoms with Gasteiger partial charge in [-0.3, -0.25) is 0 Å². The third-order valence-electron chi connectivity index (χ3n) is 5.51. The first kappa shape index (κ1) is 15.8. The van der Waals surface area contributed by atoms with E-state index in [2.05, 4.69) is 55.1 Å². The van der Waals surface area contributed by atoms with Gasteiger partial charge in [0.15, 0.2) is 0 Å². The van der Waals surface area contributed by atoms with Gasteiger partial charge in [0.25, 0.3) is 0 Å². The summed E-state index contributed by atoms with van der Waals surface area (Å²) in [7, 11) is 4.25. The lowest BCUT2D eigenvalue weighted by molar-refractivity contribution is 0.0485. The zero-order valence-electron chi connectivity index (χ0n) is 14.3. The van der Waals surface area contributed by atoms with Crippen molar-refractivity contribution in [3.63, 3.8) is 0 Å². The van der Waals surface area contributed by atoms with Crippen LogP contribution in [0.4, 0.5) is 0 Å². The second-order valence-corrected chi connectivity index (χ2v) is 7.12. The maximum Gasteiger partial charge on any atom is 0.124 e. The predicted molar refractivity (Wildman–Crippen MR) is 91.4 cm³/mol. The Morgan fingerprint density at radius 3 is 2.36 bits per heavy atom. The topological polar surface area (TPSA) is 15.7 Å². The van der Waals surface area contributed by atoms with Crippen LogP contribution in [0.15, 0.2) is 24.3 Å². The second-order valence-electron chi connectivity index (χ2n) is 7.12. The van der Waals surface area contributed by atoms with Crippen LogP contribution in [0, 0.1) is 0 Å².